The van der Waals surface area contributed by atoms with Gasteiger partial charge < -0.3 is 4.57 Å². The zero-order valence-corrected chi connectivity index (χ0v) is 14.6. The molecule has 0 spiro atoms. The van der Waals surface area contributed by atoms with Gasteiger partial charge in [-0.05, 0) is 24.6 Å². The van der Waals surface area contributed by atoms with Crippen LogP contribution >= 0.6 is 23.2 Å². The van der Waals surface area contributed by atoms with Gasteiger partial charge in [-0.3, -0.25) is 10.2 Å². The van der Waals surface area contributed by atoms with Crippen LogP contribution < -0.4 is 10.3 Å². The molecule has 0 unspecified atom stereocenters. The first-order chi connectivity index (χ1) is 10.7. The summed E-state index contributed by atoms with van der Waals surface area (Å²) < 4.78 is 25.6. The molecule has 0 saturated carbocycles. The number of hydrogen-bond acceptors (Lipinski definition) is 4. The Morgan fingerprint density at radius 2 is 1.91 bits per heavy atom. The topological polar surface area (TPSA) is 93.1 Å². The molecule has 10 heteroatoms. The summed E-state index contributed by atoms with van der Waals surface area (Å²) in [5.74, 6) is -0.0734. The molecule has 1 aromatic carbocycles. The summed E-state index contributed by atoms with van der Waals surface area (Å²) >= 11 is 11.9. The summed E-state index contributed by atoms with van der Waals surface area (Å²) in [4.78, 5) is 17.8. The van der Waals surface area contributed by atoms with Crippen molar-refractivity contribution in [2.24, 2.45) is 7.05 Å². The van der Waals surface area contributed by atoms with E-state index >= 15 is 0 Å². The fourth-order valence-corrected chi connectivity index (χ4v) is 3.17. The van der Waals surface area contributed by atoms with Gasteiger partial charge in [-0.15, -0.1) is 4.83 Å². The lowest BCUT2D eigenvalue weighted by molar-refractivity contribution is -0.120. The molecule has 23 heavy (non-hydrogen) atoms. The Bertz CT molecular complexity index is 809. The first kappa shape index (κ1) is 17.7. The van der Waals surface area contributed by atoms with Crippen LogP contribution in [0.3, 0.4) is 0 Å². The summed E-state index contributed by atoms with van der Waals surface area (Å²) in [6.07, 6.45) is 1.18. The van der Waals surface area contributed by atoms with Crippen LogP contribution in [0.5, 0.6) is 0 Å². The van der Waals surface area contributed by atoms with Crippen molar-refractivity contribution in [3.05, 3.63) is 45.8 Å². The lowest BCUT2D eigenvalue weighted by Gasteiger charge is -2.08. The monoisotopic (exact) mass is 376 g/mol. The third kappa shape index (κ3) is 4.23. The van der Waals surface area contributed by atoms with Crippen molar-refractivity contribution in [1.82, 2.24) is 19.8 Å². The number of nitrogens with one attached hydrogen (secondary N) is 2. The predicted molar refractivity (Wildman–Crippen MR) is 86.6 cm³/mol. The fourth-order valence-electron chi connectivity index (χ4n) is 1.74. The van der Waals surface area contributed by atoms with Crippen LogP contribution in [0.15, 0.2) is 29.4 Å². The Morgan fingerprint density at radius 3 is 2.43 bits per heavy atom. The highest BCUT2D eigenvalue weighted by atomic mass is 35.5. The van der Waals surface area contributed by atoms with Gasteiger partial charge in [0, 0.05) is 23.3 Å². The summed E-state index contributed by atoms with van der Waals surface area (Å²) in [5, 5.41) is 0.472. The number of carbonyl (C=O) groups is 1. The number of hydrazine groups is 1. The zero-order chi connectivity index (χ0) is 17.2. The Hall–Kier alpha value is -1.61. The predicted octanol–water partition coefficient (Wildman–Crippen LogP) is 1.59. The molecule has 1 aromatic heterocycles. The van der Waals surface area contributed by atoms with E-state index in [1.54, 1.807) is 36.7 Å². The van der Waals surface area contributed by atoms with Crippen molar-refractivity contribution >= 4 is 39.1 Å². The molecule has 0 aliphatic rings. The molecule has 0 radical (unpaired) electrons. The second-order valence-corrected chi connectivity index (χ2v) is 7.21. The van der Waals surface area contributed by atoms with Crippen molar-refractivity contribution in [3.8, 4) is 0 Å². The van der Waals surface area contributed by atoms with Crippen LogP contribution in [0.25, 0.3) is 0 Å². The number of rotatable bonds is 5. The minimum atomic E-state index is -3.95. The van der Waals surface area contributed by atoms with Crippen LogP contribution in [-0.4, -0.2) is 23.9 Å². The van der Waals surface area contributed by atoms with Gasteiger partial charge in [0.25, 0.3) is 10.0 Å². The first-order valence-electron chi connectivity index (χ1n) is 6.44. The van der Waals surface area contributed by atoms with Gasteiger partial charge in [0.05, 0.1) is 6.42 Å². The lowest BCUT2D eigenvalue weighted by Crippen LogP contribution is -2.42. The second-order valence-electron chi connectivity index (χ2n) is 4.77. The number of aryl methyl sites for hydroxylation is 2. The standard InChI is InChI=1S/C13H14Cl2N4O3S/c1-8-16-13(7-19(8)2)23(21,22)18-17-12(20)6-9-10(14)4-3-5-11(9)15/h3-5,7,18H,6H2,1-2H3,(H,17,20). The molecule has 0 saturated heterocycles. The Morgan fingerprint density at radius 1 is 1.30 bits per heavy atom. The number of benzene rings is 1. The van der Waals surface area contributed by atoms with E-state index in [0.29, 0.717) is 21.4 Å². The van der Waals surface area contributed by atoms with Crippen molar-refractivity contribution in [2.75, 3.05) is 0 Å². The van der Waals surface area contributed by atoms with Gasteiger partial charge in [-0.1, -0.05) is 29.3 Å². The maximum atomic E-state index is 12.0. The molecule has 0 fully saturated rings. The molecule has 7 nitrogen and oxygen atoms in total. The van der Waals surface area contributed by atoms with Crippen LogP contribution in [0, 0.1) is 6.92 Å². The van der Waals surface area contributed by atoms with Crippen LogP contribution in [0.1, 0.15) is 11.4 Å². The number of carbonyl (C=O) groups excluding carboxylic acids is 1. The second kappa shape index (κ2) is 6.88. The largest absolute Gasteiger partial charge is 0.337 e. The molecular formula is C13H14Cl2N4O3S. The summed E-state index contributed by atoms with van der Waals surface area (Å²) in [7, 11) is -2.28. The lowest BCUT2D eigenvalue weighted by atomic mass is 10.1. The van der Waals surface area contributed by atoms with E-state index in [0.717, 1.165) is 0 Å². The van der Waals surface area contributed by atoms with Crippen molar-refractivity contribution in [3.63, 3.8) is 0 Å². The Kier molecular flexibility index (Phi) is 5.30. The van der Waals surface area contributed by atoms with Crippen LogP contribution in [-0.2, 0) is 28.3 Å². The number of aromatic nitrogens is 2. The van der Waals surface area contributed by atoms with Crippen molar-refractivity contribution in [1.29, 1.82) is 0 Å². The highest BCUT2D eigenvalue weighted by Gasteiger charge is 2.20. The van der Waals surface area contributed by atoms with Gasteiger partial charge in [0.15, 0.2) is 5.03 Å². The Labute approximate surface area is 143 Å². The van der Waals surface area contributed by atoms with Gasteiger partial charge in [-0.25, -0.2) is 13.4 Å². The van der Waals surface area contributed by atoms with E-state index in [9.17, 15) is 13.2 Å². The van der Waals surface area contributed by atoms with Gasteiger partial charge in [-0.2, -0.15) is 0 Å². The minimum absolute atomic E-state index is 0.164. The average molecular weight is 377 g/mol. The zero-order valence-electron chi connectivity index (χ0n) is 12.3. The third-order valence-corrected chi connectivity index (χ3v) is 4.91. The third-order valence-electron chi connectivity index (χ3n) is 3.09. The van der Waals surface area contributed by atoms with Gasteiger partial charge >= 0.3 is 0 Å². The van der Waals surface area contributed by atoms with Crippen molar-refractivity contribution < 1.29 is 13.2 Å². The molecule has 0 aliphatic heterocycles. The molecule has 124 valence electrons. The SMILES string of the molecule is Cc1nc(S(=O)(=O)NNC(=O)Cc2c(Cl)cccc2Cl)cn1C. The fraction of sp³-hybridized carbons (Fsp3) is 0.231. The van der Waals surface area contributed by atoms with E-state index in [2.05, 4.69) is 10.4 Å². The quantitative estimate of drug-likeness (QED) is 0.774. The molecular weight excluding hydrogens is 363 g/mol. The number of nitrogens with zero attached hydrogens (tertiary/aromatic N) is 2. The number of hydrogen-bond donors (Lipinski definition) is 2. The first-order valence-corrected chi connectivity index (χ1v) is 8.68. The van der Waals surface area contributed by atoms with E-state index in [1.807, 2.05) is 4.83 Å². The summed E-state index contributed by atoms with van der Waals surface area (Å²) in [6.45, 7) is 1.66. The van der Waals surface area contributed by atoms with E-state index in [-0.39, 0.29) is 11.4 Å². The van der Waals surface area contributed by atoms with Crippen LogP contribution in [0.2, 0.25) is 10.0 Å². The number of amides is 1. The maximum Gasteiger partial charge on any atom is 0.276 e. The normalized spacial score (nSPS) is 11.5. The summed E-state index contributed by atoms with van der Waals surface area (Å²) in [6, 6.07) is 4.84. The highest BCUT2D eigenvalue weighted by molar-refractivity contribution is 7.89. The van der Waals surface area contributed by atoms with Crippen LogP contribution in [0.4, 0.5) is 0 Å². The summed E-state index contributed by atoms with van der Waals surface area (Å²) in [5.41, 5.74) is 2.53. The molecule has 0 aliphatic carbocycles. The van der Waals surface area contributed by atoms with E-state index < -0.39 is 15.9 Å². The number of imidazole rings is 1. The molecule has 2 N–H and O–H groups in total. The molecule has 0 atom stereocenters. The number of sulfonamides is 1. The highest BCUT2D eigenvalue weighted by Crippen LogP contribution is 2.24. The van der Waals surface area contributed by atoms with E-state index in [1.165, 1.54) is 6.20 Å². The van der Waals surface area contributed by atoms with E-state index in [4.69, 9.17) is 23.2 Å². The average Bonchev–Trinajstić information content (AvgIpc) is 2.82. The van der Waals surface area contributed by atoms with Crippen molar-refractivity contribution in [2.45, 2.75) is 18.4 Å². The molecule has 2 aromatic rings. The van der Waals surface area contributed by atoms with Gasteiger partial charge in [0.2, 0.25) is 5.91 Å². The number of halogens is 2. The molecule has 2 rings (SSSR count). The minimum Gasteiger partial charge on any atom is -0.337 e. The molecule has 0 bridgehead atoms. The Balaban J connectivity index is 2.04. The maximum absolute atomic E-state index is 12.0. The van der Waals surface area contributed by atoms with Gasteiger partial charge in [0.1, 0.15) is 5.82 Å². The molecule has 1 heterocycles. The smallest absolute Gasteiger partial charge is 0.276 e. The molecule has 1 amide bonds.